The lowest BCUT2D eigenvalue weighted by atomic mass is 10.2. The number of ether oxygens (including phenoxy) is 2. The molecule has 0 unspecified atom stereocenters. The van der Waals surface area contributed by atoms with Crippen LogP contribution in [0.15, 0.2) is 48.5 Å². The van der Waals surface area contributed by atoms with Gasteiger partial charge in [0.15, 0.2) is 6.61 Å². The molecular weight excluding hydrogens is 314 g/mol. The SMILES string of the molecule is CCCCCCOc1cccc(NC(=O)COc2cccc(C)c2)c1. The predicted molar refractivity (Wildman–Crippen MR) is 101 cm³/mol. The number of hydrogen-bond donors (Lipinski definition) is 1. The molecule has 2 rings (SSSR count). The molecule has 4 nitrogen and oxygen atoms in total. The molecule has 1 N–H and O–H groups in total. The van der Waals surface area contributed by atoms with Crippen molar-refractivity contribution in [3.8, 4) is 11.5 Å². The van der Waals surface area contributed by atoms with Gasteiger partial charge in [-0.05, 0) is 43.2 Å². The summed E-state index contributed by atoms with van der Waals surface area (Å²) >= 11 is 0. The lowest BCUT2D eigenvalue weighted by Crippen LogP contribution is -2.20. The smallest absolute Gasteiger partial charge is 0.262 e. The van der Waals surface area contributed by atoms with E-state index in [9.17, 15) is 4.79 Å². The van der Waals surface area contributed by atoms with E-state index in [-0.39, 0.29) is 12.5 Å². The van der Waals surface area contributed by atoms with Gasteiger partial charge >= 0.3 is 0 Å². The predicted octanol–water partition coefficient (Wildman–Crippen LogP) is 4.97. The molecule has 0 atom stereocenters. The Bertz CT molecular complexity index is 670. The zero-order valence-corrected chi connectivity index (χ0v) is 15.1. The number of amides is 1. The second-order valence-electron chi connectivity index (χ2n) is 6.09. The van der Waals surface area contributed by atoms with Crippen molar-refractivity contribution in [2.45, 2.75) is 39.5 Å². The van der Waals surface area contributed by atoms with Crippen LogP contribution < -0.4 is 14.8 Å². The van der Waals surface area contributed by atoms with E-state index in [0.29, 0.717) is 18.0 Å². The summed E-state index contributed by atoms with van der Waals surface area (Å²) in [7, 11) is 0. The number of rotatable bonds is 10. The highest BCUT2D eigenvalue weighted by Crippen LogP contribution is 2.18. The number of carbonyl (C=O) groups excluding carboxylic acids is 1. The van der Waals surface area contributed by atoms with Crippen LogP contribution >= 0.6 is 0 Å². The van der Waals surface area contributed by atoms with Crippen LogP contribution in [-0.2, 0) is 4.79 Å². The number of benzene rings is 2. The summed E-state index contributed by atoms with van der Waals surface area (Å²) in [5.74, 6) is 1.27. The van der Waals surface area contributed by atoms with Gasteiger partial charge in [0.25, 0.3) is 5.91 Å². The highest BCUT2D eigenvalue weighted by Gasteiger charge is 2.05. The minimum absolute atomic E-state index is 0.0223. The fourth-order valence-electron chi connectivity index (χ4n) is 2.43. The van der Waals surface area contributed by atoms with E-state index < -0.39 is 0 Å². The van der Waals surface area contributed by atoms with E-state index in [1.807, 2.05) is 55.5 Å². The third kappa shape index (κ3) is 7.29. The zero-order valence-electron chi connectivity index (χ0n) is 15.1. The molecule has 25 heavy (non-hydrogen) atoms. The highest BCUT2D eigenvalue weighted by atomic mass is 16.5. The van der Waals surface area contributed by atoms with Gasteiger partial charge in [-0.25, -0.2) is 0 Å². The van der Waals surface area contributed by atoms with E-state index in [2.05, 4.69) is 12.2 Å². The second-order valence-corrected chi connectivity index (χ2v) is 6.09. The normalized spacial score (nSPS) is 10.3. The number of carbonyl (C=O) groups is 1. The molecule has 0 bridgehead atoms. The standard InChI is InChI=1S/C21H27NO3/c1-3-4-5-6-13-24-20-12-8-10-18(15-20)22-21(23)16-25-19-11-7-9-17(2)14-19/h7-12,14-15H,3-6,13,16H2,1-2H3,(H,22,23). The summed E-state index contributed by atoms with van der Waals surface area (Å²) in [6, 6.07) is 15.1. The van der Waals surface area contributed by atoms with Crippen LogP contribution in [0.3, 0.4) is 0 Å². The molecule has 4 heteroatoms. The minimum Gasteiger partial charge on any atom is -0.494 e. The van der Waals surface area contributed by atoms with Gasteiger partial charge in [0.05, 0.1) is 6.61 Å². The molecule has 0 aliphatic carbocycles. The van der Waals surface area contributed by atoms with E-state index in [1.165, 1.54) is 19.3 Å². The van der Waals surface area contributed by atoms with E-state index >= 15 is 0 Å². The number of unbranched alkanes of at least 4 members (excludes halogenated alkanes) is 3. The van der Waals surface area contributed by atoms with E-state index in [1.54, 1.807) is 0 Å². The number of aryl methyl sites for hydroxylation is 1. The monoisotopic (exact) mass is 341 g/mol. The Balaban J connectivity index is 1.77. The van der Waals surface area contributed by atoms with Crippen molar-refractivity contribution >= 4 is 11.6 Å². The van der Waals surface area contributed by atoms with Gasteiger partial charge in [0.1, 0.15) is 11.5 Å². The molecule has 0 radical (unpaired) electrons. The van der Waals surface area contributed by atoms with Crippen molar-refractivity contribution in [3.05, 3.63) is 54.1 Å². The summed E-state index contributed by atoms with van der Waals surface area (Å²) in [5, 5.41) is 2.83. The molecule has 1 amide bonds. The topological polar surface area (TPSA) is 47.6 Å². The third-order valence-corrected chi connectivity index (χ3v) is 3.74. The molecule has 0 fully saturated rings. The first-order valence-corrected chi connectivity index (χ1v) is 8.89. The Morgan fingerprint density at radius 1 is 0.960 bits per heavy atom. The van der Waals surface area contributed by atoms with Gasteiger partial charge in [-0.15, -0.1) is 0 Å². The quantitative estimate of drug-likeness (QED) is 0.621. The Labute approximate surface area is 150 Å². The van der Waals surface area contributed by atoms with Crippen molar-refractivity contribution in [3.63, 3.8) is 0 Å². The van der Waals surface area contributed by atoms with Crippen molar-refractivity contribution in [2.24, 2.45) is 0 Å². The fourth-order valence-corrected chi connectivity index (χ4v) is 2.43. The molecule has 2 aromatic rings. The summed E-state index contributed by atoms with van der Waals surface area (Å²) < 4.78 is 11.2. The van der Waals surface area contributed by atoms with Crippen LogP contribution in [-0.4, -0.2) is 19.1 Å². The molecule has 0 aromatic heterocycles. The average molecular weight is 341 g/mol. The van der Waals surface area contributed by atoms with Gasteiger partial charge in [-0.1, -0.05) is 44.4 Å². The van der Waals surface area contributed by atoms with Crippen molar-refractivity contribution < 1.29 is 14.3 Å². The molecule has 0 saturated heterocycles. The van der Waals surface area contributed by atoms with Crippen LogP contribution in [0.25, 0.3) is 0 Å². The minimum atomic E-state index is -0.193. The van der Waals surface area contributed by atoms with Crippen LogP contribution in [0.4, 0.5) is 5.69 Å². The number of hydrogen-bond acceptors (Lipinski definition) is 3. The maximum atomic E-state index is 12.0. The molecule has 134 valence electrons. The van der Waals surface area contributed by atoms with E-state index in [0.717, 1.165) is 17.7 Å². The van der Waals surface area contributed by atoms with Gasteiger partial charge in [-0.2, -0.15) is 0 Å². The Morgan fingerprint density at radius 2 is 1.72 bits per heavy atom. The van der Waals surface area contributed by atoms with Crippen molar-refractivity contribution in [2.75, 3.05) is 18.5 Å². The number of nitrogens with one attached hydrogen (secondary N) is 1. The maximum Gasteiger partial charge on any atom is 0.262 e. The lowest BCUT2D eigenvalue weighted by molar-refractivity contribution is -0.118. The molecule has 0 saturated carbocycles. The molecule has 0 spiro atoms. The van der Waals surface area contributed by atoms with Crippen molar-refractivity contribution in [1.29, 1.82) is 0 Å². The molecule has 0 heterocycles. The zero-order chi connectivity index (χ0) is 17.9. The van der Waals surface area contributed by atoms with Crippen LogP contribution in [0, 0.1) is 6.92 Å². The maximum absolute atomic E-state index is 12.0. The first-order chi connectivity index (χ1) is 12.2. The van der Waals surface area contributed by atoms with Crippen LogP contribution in [0.5, 0.6) is 11.5 Å². The van der Waals surface area contributed by atoms with Gasteiger partial charge in [0, 0.05) is 11.8 Å². The first-order valence-electron chi connectivity index (χ1n) is 8.89. The first kappa shape index (κ1) is 18.8. The fraction of sp³-hybridized carbons (Fsp3) is 0.381. The molecular formula is C21H27NO3. The van der Waals surface area contributed by atoms with Crippen LogP contribution in [0.2, 0.25) is 0 Å². The summed E-state index contributed by atoms with van der Waals surface area (Å²) in [6.07, 6.45) is 4.69. The number of anilines is 1. The van der Waals surface area contributed by atoms with Gasteiger partial charge < -0.3 is 14.8 Å². The summed E-state index contributed by atoms with van der Waals surface area (Å²) in [6.45, 7) is 4.86. The molecule has 0 aliphatic heterocycles. The lowest BCUT2D eigenvalue weighted by Gasteiger charge is -2.10. The largest absolute Gasteiger partial charge is 0.494 e. The molecule has 2 aromatic carbocycles. The van der Waals surface area contributed by atoms with Crippen molar-refractivity contribution in [1.82, 2.24) is 0 Å². The third-order valence-electron chi connectivity index (χ3n) is 3.74. The average Bonchev–Trinajstić information content (AvgIpc) is 2.60. The second kappa shape index (κ2) is 10.4. The summed E-state index contributed by atoms with van der Waals surface area (Å²) in [5.41, 5.74) is 1.81. The van der Waals surface area contributed by atoms with Gasteiger partial charge in [0.2, 0.25) is 0 Å². The Kier molecular flexibility index (Phi) is 7.83. The Hall–Kier alpha value is -2.49. The van der Waals surface area contributed by atoms with Gasteiger partial charge in [-0.3, -0.25) is 4.79 Å². The summed E-state index contributed by atoms with van der Waals surface area (Å²) in [4.78, 5) is 12.0. The van der Waals surface area contributed by atoms with E-state index in [4.69, 9.17) is 9.47 Å². The van der Waals surface area contributed by atoms with Crippen LogP contribution in [0.1, 0.15) is 38.2 Å². The molecule has 0 aliphatic rings. The Morgan fingerprint density at radius 3 is 2.48 bits per heavy atom. The highest BCUT2D eigenvalue weighted by molar-refractivity contribution is 5.92.